The van der Waals surface area contributed by atoms with Gasteiger partial charge in [-0.05, 0) is 38.6 Å². The predicted octanol–water partition coefficient (Wildman–Crippen LogP) is 0.763. The summed E-state index contributed by atoms with van der Waals surface area (Å²) in [6.45, 7) is 0.569. The van der Waals surface area contributed by atoms with Gasteiger partial charge in [-0.25, -0.2) is 8.42 Å². The van der Waals surface area contributed by atoms with E-state index in [4.69, 9.17) is 23.4 Å². The fourth-order valence-electron chi connectivity index (χ4n) is 1.67. The second-order valence-corrected chi connectivity index (χ2v) is 5.75. The summed E-state index contributed by atoms with van der Waals surface area (Å²) in [6.07, 6.45) is 7.81. The Kier molecular flexibility index (Phi) is 8.95. The third-order valence-electron chi connectivity index (χ3n) is 2.44. The van der Waals surface area contributed by atoms with E-state index >= 15 is 0 Å². The molecule has 7 heteroatoms. The molecule has 1 aliphatic rings. The largest absolute Gasteiger partial charge is 0.748 e. The average Bonchev–Trinajstić information content (AvgIpc) is 2.25. The van der Waals surface area contributed by atoms with Crippen molar-refractivity contribution >= 4 is 16.1 Å². The molecule has 0 bridgehead atoms. The van der Waals surface area contributed by atoms with Crippen molar-refractivity contribution in [1.29, 1.82) is 0 Å². The van der Waals surface area contributed by atoms with E-state index < -0.39 is 10.1 Å². The average molecular weight is 280 g/mol. The second-order valence-electron chi connectivity index (χ2n) is 4.35. The van der Waals surface area contributed by atoms with Crippen molar-refractivity contribution in [3.63, 3.8) is 0 Å². The van der Waals surface area contributed by atoms with Gasteiger partial charge in [-0.15, -0.1) is 0 Å². The molecule has 0 atom stereocenters. The molecular formula is C11H22NO5S-. The third-order valence-corrected chi connectivity index (χ3v) is 2.44. The van der Waals surface area contributed by atoms with E-state index in [0.717, 1.165) is 19.3 Å². The van der Waals surface area contributed by atoms with E-state index in [2.05, 4.69) is 0 Å². The first-order valence-electron chi connectivity index (χ1n) is 6.13. The Bertz CT molecular complexity index is 314. The van der Waals surface area contributed by atoms with Gasteiger partial charge >= 0.3 is 5.97 Å². The zero-order valence-electron chi connectivity index (χ0n) is 10.8. The number of esters is 1. The van der Waals surface area contributed by atoms with E-state index in [9.17, 15) is 4.79 Å². The number of rotatable bonds is 4. The molecule has 0 spiro atoms. The fourth-order valence-corrected chi connectivity index (χ4v) is 1.67. The topological polar surface area (TPSA) is 110 Å². The predicted molar refractivity (Wildman–Crippen MR) is 66.9 cm³/mol. The van der Waals surface area contributed by atoms with Gasteiger partial charge in [-0.1, -0.05) is 6.42 Å². The Morgan fingerprint density at radius 2 is 1.83 bits per heavy atom. The van der Waals surface area contributed by atoms with Gasteiger partial charge in [-0.2, -0.15) is 0 Å². The molecule has 0 aromatic carbocycles. The van der Waals surface area contributed by atoms with Crippen LogP contribution in [0.1, 0.15) is 44.9 Å². The van der Waals surface area contributed by atoms with Crippen LogP contribution in [-0.2, 0) is 19.6 Å². The van der Waals surface area contributed by atoms with Crippen LogP contribution in [-0.4, -0.2) is 37.8 Å². The molecule has 0 aromatic rings. The zero-order chi connectivity index (χ0) is 14.0. The standard InChI is InChI=1S/C10H19NO2.CH4O3S/c11-8-4-7-10(12)13-9-5-2-1-3-6-9;1-5(2,3)4/h9H,1-8,11H2;1H3,(H,2,3,4)/p-1. The second kappa shape index (κ2) is 9.29. The normalized spacial score (nSPS) is 16.6. The smallest absolute Gasteiger partial charge is 0.306 e. The molecular weight excluding hydrogens is 258 g/mol. The van der Waals surface area contributed by atoms with Gasteiger partial charge < -0.3 is 15.0 Å². The molecule has 0 radical (unpaired) electrons. The van der Waals surface area contributed by atoms with Crippen LogP contribution in [0.4, 0.5) is 0 Å². The molecule has 1 rings (SSSR count). The molecule has 6 nitrogen and oxygen atoms in total. The molecule has 18 heavy (non-hydrogen) atoms. The Hall–Kier alpha value is -0.660. The molecule has 0 amide bonds. The molecule has 0 heterocycles. The lowest BCUT2D eigenvalue weighted by Crippen LogP contribution is -2.21. The van der Waals surface area contributed by atoms with Crippen LogP contribution in [0.25, 0.3) is 0 Å². The lowest BCUT2D eigenvalue weighted by Gasteiger charge is -2.21. The minimum absolute atomic E-state index is 0.0719. The van der Waals surface area contributed by atoms with Crippen LogP contribution in [0.3, 0.4) is 0 Å². The van der Waals surface area contributed by atoms with Crippen LogP contribution in [0.5, 0.6) is 0 Å². The van der Waals surface area contributed by atoms with Crippen LogP contribution in [0, 0.1) is 0 Å². The fraction of sp³-hybridized carbons (Fsp3) is 0.909. The molecule has 0 unspecified atom stereocenters. The quantitative estimate of drug-likeness (QED) is 0.601. The van der Waals surface area contributed by atoms with Gasteiger partial charge in [0.15, 0.2) is 0 Å². The number of carbonyl (C=O) groups excluding carboxylic acids is 1. The van der Waals surface area contributed by atoms with Crippen molar-refractivity contribution in [2.24, 2.45) is 5.73 Å². The third kappa shape index (κ3) is 13.4. The number of hydrogen-bond donors (Lipinski definition) is 1. The molecule has 0 aliphatic heterocycles. The number of hydrogen-bond acceptors (Lipinski definition) is 6. The lowest BCUT2D eigenvalue weighted by atomic mass is 9.98. The first-order valence-corrected chi connectivity index (χ1v) is 7.95. The van der Waals surface area contributed by atoms with Crippen LogP contribution in [0.15, 0.2) is 0 Å². The van der Waals surface area contributed by atoms with Crippen molar-refractivity contribution in [3.05, 3.63) is 0 Å². The summed E-state index contributed by atoms with van der Waals surface area (Å²) in [4.78, 5) is 11.2. The molecule has 0 aromatic heterocycles. The maximum Gasteiger partial charge on any atom is 0.306 e. The highest BCUT2D eigenvalue weighted by molar-refractivity contribution is 7.84. The summed E-state index contributed by atoms with van der Waals surface area (Å²) >= 11 is 0. The van der Waals surface area contributed by atoms with E-state index in [1.807, 2.05) is 0 Å². The zero-order valence-corrected chi connectivity index (χ0v) is 11.6. The Morgan fingerprint density at radius 1 is 1.33 bits per heavy atom. The summed E-state index contributed by atoms with van der Waals surface area (Å²) in [5, 5.41) is 0. The summed E-state index contributed by atoms with van der Waals surface area (Å²) in [6, 6.07) is 0. The highest BCUT2D eigenvalue weighted by atomic mass is 32.2. The van der Waals surface area contributed by atoms with E-state index in [1.165, 1.54) is 19.3 Å². The van der Waals surface area contributed by atoms with Crippen molar-refractivity contribution in [3.8, 4) is 0 Å². The van der Waals surface area contributed by atoms with Crippen molar-refractivity contribution in [2.75, 3.05) is 12.8 Å². The Balaban J connectivity index is 0.000000494. The summed E-state index contributed by atoms with van der Waals surface area (Å²) in [5.41, 5.74) is 5.30. The SMILES string of the molecule is CS(=O)(=O)[O-].NCCCC(=O)OC1CCCCC1. The molecule has 1 aliphatic carbocycles. The van der Waals surface area contributed by atoms with Gasteiger partial charge in [0.2, 0.25) is 0 Å². The molecule has 2 N–H and O–H groups in total. The van der Waals surface area contributed by atoms with Crippen molar-refractivity contribution < 1.29 is 22.5 Å². The maximum atomic E-state index is 11.2. The van der Waals surface area contributed by atoms with E-state index in [-0.39, 0.29) is 12.1 Å². The first kappa shape index (κ1) is 17.3. The molecule has 1 fully saturated rings. The van der Waals surface area contributed by atoms with Crippen LogP contribution in [0.2, 0.25) is 0 Å². The Labute approximate surface area is 109 Å². The molecule has 1 saturated carbocycles. The minimum atomic E-state index is -3.92. The van der Waals surface area contributed by atoms with Crippen LogP contribution < -0.4 is 5.73 Å². The number of ether oxygens (including phenoxy) is 1. The molecule has 108 valence electrons. The highest BCUT2D eigenvalue weighted by Crippen LogP contribution is 2.20. The van der Waals surface area contributed by atoms with Crippen molar-refractivity contribution in [1.82, 2.24) is 0 Å². The highest BCUT2D eigenvalue weighted by Gasteiger charge is 2.16. The van der Waals surface area contributed by atoms with Gasteiger partial charge in [0.25, 0.3) is 0 Å². The maximum absolute atomic E-state index is 11.2. The Morgan fingerprint density at radius 3 is 2.28 bits per heavy atom. The van der Waals surface area contributed by atoms with Gasteiger partial charge in [0.1, 0.15) is 6.10 Å². The summed E-state index contributed by atoms with van der Waals surface area (Å²) in [7, 11) is -3.92. The van der Waals surface area contributed by atoms with Gasteiger partial charge in [0, 0.05) is 12.7 Å². The number of carbonyl (C=O) groups is 1. The summed E-state index contributed by atoms with van der Waals surface area (Å²) in [5.74, 6) is -0.0719. The van der Waals surface area contributed by atoms with E-state index in [0.29, 0.717) is 19.2 Å². The van der Waals surface area contributed by atoms with Crippen LogP contribution >= 0.6 is 0 Å². The monoisotopic (exact) mass is 280 g/mol. The first-order chi connectivity index (χ1) is 8.33. The summed E-state index contributed by atoms with van der Waals surface area (Å²) < 4.78 is 32.5. The van der Waals surface area contributed by atoms with Crippen molar-refractivity contribution in [2.45, 2.75) is 51.0 Å². The van der Waals surface area contributed by atoms with Gasteiger partial charge in [0.05, 0.1) is 10.1 Å². The minimum Gasteiger partial charge on any atom is -0.748 e. The van der Waals surface area contributed by atoms with E-state index in [1.54, 1.807) is 0 Å². The lowest BCUT2D eigenvalue weighted by molar-refractivity contribution is -0.150. The molecule has 0 saturated heterocycles. The number of nitrogens with two attached hydrogens (primary N) is 1. The van der Waals surface area contributed by atoms with Gasteiger partial charge in [-0.3, -0.25) is 4.79 Å².